The van der Waals surface area contributed by atoms with Crippen LogP contribution in [0.5, 0.6) is 0 Å². The molecule has 3 amide bonds. The van der Waals surface area contributed by atoms with Gasteiger partial charge in [-0.25, -0.2) is 9.86 Å². The highest BCUT2D eigenvalue weighted by Gasteiger charge is 2.54. The molecule has 2 saturated heterocycles. The summed E-state index contributed by atoms with van der Waals surface area (Å²) in [5.41, 5.74) is 1.53. The van der Waals surface area contributed by atoms with Gasteiger partial charge < -0.3 is 10.2 Å². The number of hydrogen-bond acceptors (Lipinski definition) is 4. The minimum atomic E-state index is -0.617. The van der Waals surface area contributed by atoms with Gasteiger partial charge in [-0.2, -0.15) is 5.26 Å². The summed E-state index contributed by atoms with van der Waals surface area (Å²) in [5.74, 6) is -0.0639. The van der Waals surface area contributed by atoms with Crippen molar-refractivity contribution < 1.29 is 14.4 Å². The fraction of sp³-hybridized carbons (Fsp3) is 0.250. The molecule has 7 heteroatoms. The molecule has 0 atom stereocenters. The first-order chi connectivity index (χ1) is 13.1. The summed E-state index contributed by atoms with van der Waals surface area (Å²) >= 11 is 0. The summed E-state index contributed by atoms with van der Waals surface area (Å²) in [6.07, 6.45) is 0.278. The molecule has 0 aromatic heterocycles. The molecule has 1 spiro atoms. The van der Waals surface area contributed by atoms with Crippen LogP contribution >= 0.6 is 0 Å². The number of urea groups is 1. The van der Waals surface area contributed by atoms with E-state index in [2.05, 4.69) is 5.32 Å². The molecule has 0 bridgehead atoms. The molecule has 0 unspecified atom stereocenters. The van der Waals surface area contributed by atoms with Crippen LogP contribution in [0.15, 0.2) is 54.6 Å². The van der Waals surface area contributed by atoms with Crippen molar-refractivity contribution in [1.29, 1.82) is 5.26 Å². The molecule has 136 valence electrons. The number of hydrogen-bond donors (Lipinski definition) is 1. The van der Waals surface area contributed by atoms with Gasteiger partial charge in [0.05, 0.1) is 37.7 Å². The minimum Gasteiger partial charge on any atom is -0.318 e. The van der Waals surface area contributed by atoms with E-state index in [4.69, 9.17) is 10.1 Å². The van der Waals surface area contributed by atoms with Crippen molar-refractivity contribution in [3.05, 3.63) is 65.7 Å². The summed E-state index contributed by atoms with van der Waals surface area (Å²) in [7, 11) is 0. The van der Waals surface area contributed by atoms with Crippen molar-refractivity contribution in [2.24, 2.45) is 0 Å². The molecular weight excluding hydrogens is 344 g/mol. The molecule has 2 aromatic carbocycles. The summed E-state index contributed by atoms with van der Waals surface area (Å²) in [6, 6.07) is 18.1. The van der Waals surface area contributed by atoms with Crippen molar-refractivity contribution in [2.45, 2.75) is 18.6 Å². The van der Waals surface area contributed by atoms with E-state index in [9.17, 15) is 9.59 Å². The van der Waals surface area contributed by atoms with Gasteiger partial charge in [-0.1, -0.05) is 30.3 Å². The Hall–Kier alpha value is -3.37. The Morgan fingerprint density at radius 3 is 2.52 bits per heavy atom. The Balaban J connectivity index is 1.32. The predicted octanol–water partition coefficient (Wildman–Crippen LogP) is 2.51. The van der Waals surface area contributed by atoms with Crippen molar-refractivity contribution in [3.8, 4) is 6.07 Å². The molecule has 2 aromatic rings. The van der Waals surface area contributed by atoms with Crippen LogP contribution in [0.2, 0.25) is 0 Å². The zero-order chi connectivity index (χ0) is 18.9. The molecule has 0 radical (unpaired) electrons. The van der Waals surface area contributed by atoms with Crippen LogP contribution in [0, 0.1) is 11.3 Å². The highest BCUT2D eigenvalue weighted by atomic mass is 16.7. The summed E-state index contributed by atoms with van der Waals surface area (Å²) < 4.78 is 0. The van der Waals surface area contributed by atoms with Crippen molar-refractivity contribution in [3.63, 3.8) is 0 Å². The SMILES string of the molecule is N#Cc1ccc(NC(=O)N2CC3(CC(=O)N(Cc4ccccc4)O3)C2)cc1. The van der Waals surface area contributed by atoms with Crippen molar-refractivity contribution in [1.82, 2.24) is 9.96 Å². The van der Waals surface area contributed by atoms with E-state index in [1.807, 2.05) is 36.4 Å². The topological polar surface area (TPSA) is 85.7 Å². The predicted molar refractivity (Wildman–Crippen MR) is 97.2 cm³/mol. The molecular formula is C20H18N4O3. The number of carbonyl (C=O) groups is 2. The van der Waals surface area contributed by atoms with Gasteiger partial charge in [0.25, 0.3) is 0 Å². The van der Waals surface area contributed by atoms with Gasteiger partial charge in [0, 0.05) is 5.69 Å². The largest absolute Gasteiger partial charge is 0.322 e. The van der Waals surface area contributed by atoms with E-state index >= 15 is 0 Å². The second-order valence-electron chi connectivity index (χ2n) is 6.84. The molecule has 7 nitrogen and oxygen atoms in total. The zero-order valence-corrected chi connectivity index (χ0v) is 14.6. The van der Waals surface area contributed by atoms with Crippen LogP contribution in [0.3, 0.4) is 0 Å². The molecule has 0 aliphatic carbocycles. The average Bonchev–Trinajstić information content (AvgIpc) is 2.98. The second kappa shape index (κ2) is 6.74. The smallest absolute Gasteiger partial charge is 0.318 e. The lowest BCUT2D eigenvalue weighted by Crippen LogP contribution is -2.64. The Kier molecular flexibility index (Phi) is 4.26. The molecule has 2 aliphatic heterocycles. The number of rotatable bonds is 3. The first kappa shape index (κ1) is 17.1. The number of nitriles is 1. The quantitative estimate of drug-likeness (QED) is 0.909. The Bertz CT molecular complexity index is 899. The van der Waals surface area contributed by atoms with Crippen molar-refractivity contribution in [2.75, 3.05) is 18.4 Å². The highest BCUT2D eigenvalue weighted by Crippen LogP contribution is 2.36. The van der Waals surface area contributed by atoms with Crippen LogP contribution in [0.4, 0.5) is 10.5 Å². The number of nitrogens with one attached hydrogen (secondary N) is 1. The van der Waals surface area contributed by atoms with Crippen LogP contribution in [0.25, 0.3) is 0 Å². The van der Waals surface area contributed by atoms with Gasteiger partial charge in [0.2, 0.25) is 5.91 Å². The highest BCUT2D eigenvalue weighted by molar-refractivity contribution is 5.90. The second-order valence-corrected chi connectivity index (χ2v) is 6.84. The number of carbonyl (C=O) groups excluding carboxylic acids is 2. The standard InChI is InChI=1S/C20H18N4O3/c21-11-15-6-8-17(9-7-15)22-19(26)23-13-20(14-23)10-18(25)24(27-20)12-16-4-2-1-3-5-16/h1-9H,10,12-14H2,(H,22,26). The lowest BCUT2D eigenvalue weighted by atomic mass is 9.91. The Morgan fingerprint density at radius 1 is 1.15 bits per heavy atom. The monoisotopic (exact) mass is 362 g/mol. The van der Waals surface area contributed by atoms with E-state index < -0.39 is 5.60 Å². The molecule has 27 heavy (non-hydrogen) atoms. The van der Waals surface area contributed by atoms with Crippen LogP contribution in [-0.2, 0) is 16.2 Å². The molecule has 4 rings (SSSR count). The van der Waals surface area contributed by atoms with Crippen LogP contribution < -0.4 is 5.32 Å². The number of benzene rings is 2. The molecule has 1 N–H and O–H groups in total. The molecule has 2 fully saturated rings. The van der Waals surface area contributed by atoms with Gasteiger partial charge in [-0.15, -0.1) is 0 Å². The third-order valence-electron chi connectivity index (χ3n) is 4.73. The average molecular weight is 362 g/mol. The Labute approximate surface area is 156 Å². The summed E-state index contributed by atoms with van der Waals surface area (Å²) in [6.45, 7) is 1.14. The van der Waals surface area contributed by atoms with Crippen molar-refractivity contribution >= 4 is 17.6 Å². The van der Waals surface area contributed by atoms with E-state index in [1.165, 1.54) is 5.06 Å². The zero-order valence-electron chi connectivity index (χ0n) is 14.6. The first-order valence-electron chi connectivity index (χ1n) is 8.66. The van der Waals surface area contributed by atoms with Gasteiger partial charge in [-0.05, 0) is 29.8 Å². The fourth-order valence-corrected chi connectivity index (χ4v) is 3.34. The lowest BCUT2D eigenvalue weighted by Gasteiger charge is -2.45. The lowest BCUT2D eigenvalue weighted by molar-refractivity contribution is -0.232. The maximum absolute atomic E-state index is 12.3. The number of hydroxylamine groups is 2. The van der Waals surface area contributed by atoms with Crippen LogP contribution in [-0.4, -0.2) is 40.6 Å². The van der Waals surface area contributed by atoms with Gasteiger partial charge in [0.1, 0.15) is 5.60 Å². The summed E-state index contributed by atoms with van der Waals surface area (Å²) in [4.78, 5) is 32.1. The third kappa shape index (κ3) is 3.48. The minimum absolute atomic E-state index is 0.0639. The first-order valence-corrected chi connectivity index (χ1v) is 8.66. The normalized spacial score (nSPS) is 17.5. The van der Waals surface area contributed by atoms with E-state index in [1.54, 1.807) is 29.2 Å². The van der Waals surface area contributed by atoms with Crippen LogP contribution in [0.1, 0.15) is 17.5 Å². The maximum Gasteiger partial charge on any atom is 0.322 e. The van der Waals surface area contributed by atoms with Gasteiger partial charge >= 0.3 is 6.03 Å². The van der Waals surface area contributed by atoms with E-state index in [-0.39, 0.29) is 18.4 Å². The third-order valence-corrected chi connectivity index (χ3v) is 4.73. The maximum atomic E-state index is 12.3. The molecule has 2 heterocycles. The summed E-state index contributed by atoms with van der Waals surface area (Å²) in [5, 5.41) is 13.0. The number of anilines is 1. The number of amides is 3. The Morgan fingerprint density at radius 2 is 1.85 bits per heavy atom. The number of nitrogens with zero attached hydrogens (tertiary/aromatic N) is 3. The van der Waals surface area contributed by atoms with Gasteiger partial charge in [0.15, 0.2) is 0 Å². The molecule has 2 aliphatic rings. The fourth-order valence-electron chi connectivity index (χ4n) is 3.34. The van der Waals surface area contributed by atoms with Gasteiger partial charge in [-0.3, -0.25) is 9.63 Å². The number of likely N-dealkylation sites (tertiary alicyclic amines) is 1. The van der Waals surface area contributed by atoms with E-state index in [0.717, 1.165) is 5.56 Å². The van der Waals surface area contributed by atoms with E-state index in [0.29, 0.717) is 30.9 Å². The molecule has 0 saturated carbocycles.